The summed E-state index contributed by atoms with van der Waals surface area (Å²) in [4.78, 5) is 27.5. The number of hydrogen-bond acceptors (Lipinski definition) is 6. The number of methoxy groups -OCH3 is 3. The van der Waals surface area contributed by atoms with Crippen molar-refractivity contribution >= 4 is 11.8 Å². The van der Waals surface area contributed by atoms with Gasteiger partial charge in [-0.05, 0) is 25.2 Å². The van der Waals surface area contributed by atoms with Gasteiger partial charge >= 0.3 is 0 Å². The lowest BCUT2D eigenvalue weighted by atomic mass is 9.73. The van der Waals surface area contributed by atoms with E-state index in [4.69, 9.17) is 14.2 Å². The zero-order valence-electron chi connectivity index (χ0n) is 18.9. The van der Waals surface area contributed by atoms with Crippen molar-refractivity contribution in [3.63, 3.8) is 0 Å². The normalized spacial score (nSPS) is 19.8. The molecule has 8 nitrogen and oxygen atoms in total. The molecule has 1 aromatic carbocycles. The second-order valence-electron chi connectivity index (χ2n) is 8.67. The maximum Gasteiger partial charge on any atom is 0.245 e. The summed E-state index contributed by atoms with van der Waals surface area (Å²) >= 11 is 0. The van der Waals surface area contributed by atoms with E-state index in [0.717, 1.165) is 25.7 Å². The molecule has 0 radical (unpaired) electrons. The van der Waals surface area contributed by atoms with E-state index in [-0.39, 0.29) is 17.9 Å². The van der Waals surface area contributed by atoms with E-state index in [9.17, 15) is 14.7 Å². The molecule has 2 atom stereocenters. The Hall–Kier alpha value is -2.48. The average molecular weight is 435 g/mol. The summed E-state index contributed by atoms with van der Waals surface area (Å²) in [5.74, 6) is 1.16. The largest absolute Gasteiger partial charge is 0.496 e. The van der Waals surface area contributed by atoms with Gasteiger partial charge in [-0.25, -0.2) is 0 Å². The Bertz CT molecular complexity index is 778. The highest BCUT2D eigenvalue weighted by Crippen LogP contribution is 2.45. The molecule has 1 saturated heterocycles. The van der Waals surface area contributed by atoms with Crippen molar-refractivity contribution < 1.29 is 28.9 Å². The molecular formula is C23H34N2O6. The standard InChI is InChI=1S/C23H34N2O6/c1-15(26)21(25-14-23(12-20(25)27)8-6-5-7-9-23)22(28)24-13-17-18(30-3)10-16(29-2)11-19(17)31-4/h10-11,15,21,26H,5-9,12-14H2,1-4H3,(H,24,28)/t15-,21+/m1/s1. The maximum atomic E-state index is 13.1. The Morgan fingerprint density at radius 1 is 1.13 bits per heavy atom. The predicted molar refractivity (Wildman–Crippen MR) is 115 cm³/mol. The Labute approximate surface area is 183 Å². The number of ether oxygens (including phenoxy) is 3. The highest BCUT2D eigenvalue weighted by molar-refractivity contribution is 5.89. The molecule has 172 valence electrons. The van der Waals surface area contributed by atoms with Crippen molar-refractivity contribution in [2.45, 2.75) is 64.1 Å². The third kappa shape index (κ3) is 4.89. The molecule has 3 rings (SSSR count). The molecule has 31 heavy (non-hydrogen) atoms. The summed E-state index contributed by atoms with van der Waals surface area (Å²) in [5.41, 5.74) is 0.602. The second kappa shape index (κ2) is 9.77. The number of benzene rings is 1. The molecule has 0 aromatic heterocycles. The molecule has 1 heterocycles. The molecule has 1 saturated carbocycles. The number of aliphatic hydroxyl groups is 1. The monoisotopic (exact) mass is 434 g/mol. The highest BCUT2D eigenvalue weighted by atomic mass is 16.5. The summed E-state index contributed by atoms with van der Waals surface area (Å²) in [6.07, 6.45) is 4.91. The minimum Gasteiger partial charge on any atom is -0.496 e. The van der Waals surface area contributed by atoms with Crippen LogP contribution in [-0.4, -0.2) is 61.8 Å². The fraction of sp³-hybridized carbons (Fsp3) is 0.652. The summed E-state index contributed by atoms with van der Waals surface area (Å²) in [6, 6.07) is 2.50. The Balaban J connectivity index is 1.76. The molecule has 0 bridgehead atoms. The summed E-state index contributed by atoms with van der Waals surface area (Å²) in [5, 5.41) is 13.3. The van der Waals surface area contributed by atoms with Crippen molar-refractivity contribution in [2.75, 3.05) is 27.9 Å². The van der Waals surface area contributed by atoms with E-state index < -0.39 is 18.1 Å². The molecule has 1 aliphatic heterocycles. The van der Waals surface area contributed by atoms with Crippen LogP contribution in [0.25, 0.3) is 0 Å². The van der Waals surface area contributed by atoms with Gasteiger partial charge in [-0.2, -0.15) is 0 Å². The minimum absolute atomic E-state index is 0.0504. The number of hydrogen-bond donors (Lipinski definition) is 2. The molecular weight excluding hydrogens is 400 g/mol. The number of nitrogens with one attached hydrogen (secondary N) is 1. The van der Waals surface area contributed by atoms with Gasteiger partial charge in [0.25, 0.3) is 0 Å². The van der Waals surface area contributed by atoms with Crippen LogP contribution in [0.1, 0.15) is 51.0 Å². The summed E-state index contributed by atoms with van der Waals surface area (Å²) < 4.78 is 16.1. The van der Waals surface area contributed by atoms with Crippen LogP contribution in [0.3, 0.4) is 0 Å². The first-order chi connectivity index (χ1) is 14.8. The molecule has 0 unspecified atom stereocenters. The third-order valence-corrected chi connectivity index (χ3v) is 6.58. The van der Waals surface area contributed by atoms with E-state index in [1.807, 2.05) is 0 Å². The zero-order chi connectivity index (χ0) is 22.6. The number of carbonyl (C=O) groups excluding carboxylic acids is 2. The van der Waals surface area contributed by atoms with Crippen LogP contribution < -0.4 is 19.5 Å². The molecule has 2 amide bonds. The molecule has 2 fully saturated rings. The summed E-state index contributed by atoms with van der Waals surface area (Å²) in [6.45, 7) is 2.22. The molecule has 8 heteroatoms. The minimum atomic E-state index is -0.984. The van der Waals surface area contributed by atoms with Gasteiger partial charge in [-0.1, -0.05) is 19.3 Å². The van der Waals surface area contributed by atoms with Crippen LogP contribution in [0.15, 0.2) is 12.1 Å². The lowest BCUT2D eigenvalue weighted by Crippen LogP contribution is -2.53. The number of nitrogens with zero attached hydrogens (tertiary/aromatic N) is 1. The van der Waals surface area contributed by atoms with Gasteiger partial charge < -0.3 is 29.5 Å². The number of carbonyl (C=O) groups is 2. The fourth-order valence-electron chi connectivity index (χ4n) is 4.97. The van der Waals surface area contributed by atoms with Crippen LogP contribution >= 0.6 is 0 Å². The molecule has 1 aliphatic carbocycles. The van der Waals surface area contributed by atoms with E-state index in [1.165, 1.54) is 20.6 Å². The molecule has 1 aromatic rings. The topological polar surface area (TPSA) is 97.3 Å². The third-order valence-electron chi connectivity index (χ3n) is 6.58. The Morgan fingerprint density at radius 2 is 1.74 bits per heavy atom. The zero-order valence-corrected chi connectivity index (χ0v) is 18.9. The van der Waals surface area contributed by atoms with Gasteiger partial charge in [-0.3, -0.25) is 9.59 Å². The van der Waals surface area contributed by atoms with E-state index in [1.54, 1.807) is 31.1 Å². The predicted octanol–water partition coefficient (Wildman–Crippen LogP) is 2.26. The summed E-state index contributed by atoms with van der Waals surface area (Å²) in [7, 11) is 4.62. The quantitative estimate of drug-likeness (QED) is 0.651. The number of aliphatic hydroxyl groups excluding tert-OH is 1. The number of amides is 2. The van der Waals surface area contributed by atoms with Crippen molar-refractivity contribution in [1.82, 2.24) is 10.2 Å². The highest BCUT2D eigenvalue weighted by Gasteiger charge is 2.48. The van der Waals surface area contributed by atoms with Crippen molar-refractivity contribution in [2.24, 2.45) is 5.41 Å². The van der Waals surface area contributed by atoms with Crippen LogP contribution in [0.5, 0.6) is 17.2 Å². The average Bonchev–Trinajstić information content (AvgIpc) is 3.06. The Morgan fingerprint density at radius 3 is 2.26 bits per heavy atom. The van der Waals surface area contributed by atoms with Gasteiger partial charge in [0.1, 0.15) is 23.3 Å². The van der Waals surface area contributed by atoms with E-state index in [0.29, 0.717) is 35.8 Å². The lowest BCUT2D eigenvalue weighted by molar-refractivity contribution is -0.141. The number of rotatable bonds is 8. The lowest BCUT2D eigenvalue weighted by Gasteiger charge is -2.35. The van der Waals surface area contributed by atoms with Gasteiger partial charge in [0, 0.05) is 25.1 Å². The molecule has 2 aliphatic rings. The van der Waals surface area contributed by atoms with E-state index in [2.05, 4.69) is 5.32 Å². The van der Waals surface area contributed by atoms with Gasteiger partial charge in [-0.15, -0.1) is 0 Å². The first kappa shape index (κ1) is 23.2. The van der Waals surface area contributed by atoms with Crippen LogP contribution in [0.2, 0.25) is 0 Å². The van der Waals surface area contributed by atoms with Crippen LogP contribution in [0.4, 0.5) is 0 Å². The van der Waals surface area contributed by atoms with Crippen molar-refractivity contribution in [1.29, 1.82) is 0 Å². The smallest absolute Gasteiger partial charge is 0.245 e. The SMILES string of the molecule is COc1cc(OC)c(CNC(=O)[C@H]([C@@H](C)O)N2CC3(CCCCC3)CC2=O)c(OC)c1. The second-order valence-corrected chi connectivity index (χ2v) is 8.67. The van der Waals surface area contributed by atoms with Crippen molar-refractivity contribution in [3.05, 3.63) is 17.7 Å². The fourth-order valence-corrected chi connectivity index (χ4v) is 4.97. The van der Waals surface area contributed by atoms with Crippen molar-refractivity contribution in [3.8, 4) is 17.2 Å². The first-order valence-electron chi connectivity index (χ1n) is 10.9. The van der Waals surface area contributed by atoms with E-state index >= 15 is 0 Å². The van der Waals surface area contributed by atoms with Gasteiger partial charge in [0.05, 0.1) is 39.5 Å². The Kier molecular flexibility index (Phi) is 7.30. The van der Waals surface area contributed by atoms with Crippen LogP contribution in [0, 0.1) is 5.41 Å². The number of likely N-dealkylation sites (tertiary alicyclic amines) is 1. The molecule has 2 N–H and O–H groups in total. The van der Waals surface area contributed by atoms with Gasteiger partial charge in [0.2, 0.25) is 11.8 Å². The molecule has 1 spiro atoms. The van der Waals surface area contributed by atoms with Gasteiger partial charge in [0.15, 0.2) is 0 Å². The van der Waals surface area contributed by atoms with Crippen LogP contribution in [-0.2, 0) is 16.1 Å². The maximum absolute atomic E-state index is 13.1. The first-order valence-corrected chi connectivity index (χ1v) is 10.9.